The third kappa shape index (κ3) is 3.82. The summed E-state index contributed by atoms with van der Waals surface area (Å²) in [4.78, 5) is 17.9. The third-order valence-electron chi connectivity index (χ3n) is 5.54. The number of rotatable bonds is 7. The molecule has 20 heavy (non-hydrogen) atoms. The molecule has 4 aliphatic carbocycles. The van der Waals surface area contributed by atoms with Crippen LogP contribution in [0, 0.1) is 23.2 Å². The molecule has 3 N–H and O–H groups in total. The third-order valence-corrected chi connectivity index (χ3v) is 6.37. The second-order valence-electron chi connectivity index (χ2n) is 7.24. The highest BCUT2D eigenvalue weighted by Gasteiger charge is 2.50. The molecule has 0 aromatic rings. The van der Waals surface area contributed by atoms with Crippen molar-refractivity contribution in [3.63, 3.8) is 0 Å². The average Bonchev–Trinajstić information content (AvgIpc) is 2.30. The number of hydrogen-bond acceptors (Lipinski definition) is 3. The zero-order valence-corrected chi connectivity index (χ0v) is 13.7. The SMILES string of the molecule is OP(O)(=S)OCCNCCC12CC3CC(CC(C3)C1)C2. The fraction of sp³-hybridized carbons (Fsp3) is 1.00. The highest BCUT2D eigenvalue weighted by atomic mass is 32.5. The van der Waals surface area contributed by atoms with Crippen LogP contribution >= 0.6 is 6.72 Å². The Morgan fingerprint density at radius 2 is 1.60 bits per heavy atom. The highest BCUT2D eigenvalue weighted by molar-refractivity contribution is 8.06. The molecule has 0 aromatic carbocycles. The Bertz CT molecular complexity index is 363. The summed E-state index contributed by atoms with van der Waals surface area (Å²) >= 11 is 4.41. The number of nitrogens with one attached hydrogen (secondary N) is 1. The van der Waals surface area contributed by atoms with Gasteiger partial charge in [-0.15, -0.1) is 0 Å². The Labute approximate surface area is 126 Å². The minimum Gasteiger partial charge on any atom is -0.325 e. The van der Waals surface area contributed by atoms with Crippen molar-refractivity contribution in [1.29, 1.82) is 0 Å². The summed E-state index contributed by atoms with van der Waals surface area (Å²) in [5.41, 5.74) is 0.616. The maximum absolute atomic E-state index is 8.96. The van der Waals surface area contributed by atoms with E-state index in [9.17, 15) is 0 Å². The lowest BCUT2D eigenvalue weighted by Gasteiger charge is -2.57. The monoisotopic (exact) mass is 319 g/mol. The van der Waals surface area contributed by atoms with Crippen LogP contribution in [0.3, 0.4) is 0 Å². The molecule has 4 fully saturated rings. The Morgan fingerprint density at radius 3 is 2.10 bits per heavy atom. The van der Waals surface area contributed by atoms with Crippen LogP contribution in [-0.2, 0) is 16.3 Å². The van der Waals surface area contributed by atoms with Crippen molar-refractivity contribution in [2.24, 2.45) is 23.2 Å². The average molecular weight is 319 g/mol. The fourth-order valence-corrected chi connectivity index (χ4v) is 5.86. The molecule has 0 saturated heterocycles. The molecule has 4 rings (SSSR count). The molecule has 0 amide bonds. The van der Waals surface area contributed by atoms with E-state index in [-0.39, 0.29) is 6.61 Å². The molecule has 0 spiro atoms. The lowest BCUT2D eigenvalue weighted by Crippen LogP contribution is -2.47. The van der Waals surface area contributed by atoms with Gasteiger partial charge in [0, 0.05) is 6.54 Å². The summed E-state index contributed by atoms with van der Waals surface area (Å²) in [5, 5.41) is 3.36. The summed E-state index contributed by atoms with van der Waals surface area (Å²) < 4.78 is 4.80. The van der Waals surface area contributed by atoms with Gasteiger partial charge in [0.05, 0.1) is 6.61 Å². The minimum absolute atomic E-state index is 0.283. The van der Waals surface area contributed by atoms with Crippen LogP contribution in [0.4, 0.5) is 0 Å². The Kier molecular flexibility index (Phi) is 4.57. The van der Waals surface area contributed by atoms with E-state index >= 15 is 0 Å². The van der Waals surface area contributed by atoms with Gasteiger partial charge < -0.3 is 19.6 Å². The van der Waals surface area contributed by atoms with E-state index in [1.165, 1.54) is 44.9 Å². The van der Waals surface area contributed by atoms with E-state index in [1.54, 1.807) is 0 Å². The van der Waals surface area contributed by atoms with Gasteiger partial charge in [0.15, 0.2) is 0 Å². The van der Waals surface area contributed by atoms with Gasteiger partial charge in [-0.1, -0.05) is 0 Å². The van der Waals surface area contributed by atoms with Gasteiger partial charge in [-0.2, -0.15) is 0 Å². The molecule has 4 bridgehead atoms. The Hall–Kier alpha value is 0.490. The van der Waals surface area contributed by atoms with Crippen molar-refractivity contribution in [3.8, 4) is 0 Å². The molecule has 116 valence electrons. The lowest BCUT2D eigenvalue weighted by molar-refractivity contribution is -0.0567. The topological polar surface area (TPSA) is 61.7 Å². The molecule has 0 aromatic heterocycles. The lowest BCUT2D eigenvalue weighted by atomic mass is 9.49. The van der Waals surface area contributed by atoms with E-state index < -0.39 is 6.72 Å². The van der Waals surface area contributed by atoms with Crippen molar-refractivity contribution >= 4 is 18.5 Å². The van der Waals surface area contributed by atoms with Gasteiger partial charge in [-0.25, -0.2) is 0 Å². The second-order valence-corrected chi connectivity index (χ2v) is 9.91. The first-order valence-corrected chi connectivity index (χ1v) is 10.5. The molecule has 0 unspecified atom stereocenters. The first-order chi connectivity index (χ1) is 9.44. The summed E-state index contributed by atoms with van der Waals surface area (Å²) in [6, 6.07) is 0. The van der Waals surface area contributed by atoms with Crippen LogP contribution in [0.25, 0.3) is 0 Å². The zero-order chi connectivity index (χ0) is 14.2. The van der Waals surface area contributed by atoms with Crippen LogP contribution in [0.1, 0.15) is 44.9 Å². The second kappa shape index (κ2) is 5.94. The molecular formula is C14H26NO3PS. The fourth-order valence-electron chi connectivity index (χ4n) is 5.31. The maximum atomic E-state index is 8.96. The van der Waals surface area contributed by atoms with E-state index in [0.29, 0.717) is 12.0 Å². The highest BCUT2D eigenvalue weighted by Crippen LogP contribution is 2.61. The molecule has 4 saturated carbocycles. The number of hydrogen-bond donors (Lipinski definition) is 3. The standard InChI is InChI=1S/C14H26NO3PS/c16-19(17,20)18-4-3-15-2-1-14-8-11-5-12(9-14)7-13(6-11)10-14/h11-13,15H,1-10H2,(H2,16,17,20). The molecule has 0 aliphatic heterocycles. The van der Waals surface area contributed by atoms with Gasteiger partial charge in [0.2, 0.25) is 0 Å². The van der Waals surface area contributed by atoms with Crippen molar-refractivity contribution in [2.45, 2.75) is 44.9 Å². The van der Waals surface area contributed by atoms with E-state index in [2.05, 4.69) is 17.1 Å². The van der Waals surface area contributed by atoms with Gasteiger partial charge >= 0.3 is 6.72 Å². The van der Waals surface area contributed by atoms with Gasteiger partial charge in [0.25, 0.3) is 0 Å². The first-order valence-electron chi connectivity index (χ1n) is 7.85. The molecule has 4 nitrogen and oxygen atoms in total. The molecule has 0 atom stereocenters. The largest absolute Gasteiger partial charge is 0.325 e. The zero-order valence-electron chi connectivity index (χ0n) is 12.0. The van der Waals surface area contributed by atoms with Crippen molar-refractivity contribution < 1.29 is 14.3 Å². The molecule has 0 heterocycles. The smallest absolute Gasteiger partial charge is 0.321 e. The van der Waals surface area contributed by atoms with Crippen LogP contribution < -0.4 is 5.32 Å². The Morgan fingerprint density at radius 1 is 1.05 bits per heavy atom. The van der Waals surface area contributed by atoms with Crippen LogP contribution in [0.2, 0.25) is 0 Å². The van der Waals surface area contributed by atoms with E-state index in [1.807, 2.05) is 0 Å². The Balaban J connectivity index is 1.37. The van der Waals surface area contributed by atoms with Crippen LogP contribution in [0.5, 0.6) is 0 Å². The van der Waals surface area contributed by atoms with Gasteiger partial charge in [0.1, 0.15) is 0 Å². The predicted molar refractivity (Wildman–Crippen MR) is 82.8 cm³/mol. The predicted octanol–water partition coefficient (Wildman–Crippen LogP) is 2.41. The molecule has 4 aliphatic rings. The van der Waals surface area contributed by atoms with Gasteiger partial charge in [-0.3, -0.25) is 0 Å². The molecule has 0 radical (unpaired) electrons. The first kappa shape index (κ1) is 15.4. The summed E-state index contributed by atoms with van der Waals surface area (Å²) in [7, 11) is 0. The summed E-state index contributed by atoms with van der Waals surface area (Å²) in [6.07, 6.45) is 10.1. The normalized spacial score (nSPS) is 39.4. The summed E-state index contributed by atoms with van der Waals surface area (Å²) in [6.45, 7) is -1.53. The summed E-state index contributed by atoms with van der Waals surface area (Å²) in [5.74, 6) is 3.04. The van der Waals surface area contributed by atoms with Crippen molar-refractivity contribution in [3.05, 3.63) is 0 Å². The quantitative estimate of drug-likeness (QED) is 0.497. The van der Waals surface area contributed by atoms with E-state index in [4.69, 9.17) is 14.3 Å². The van der Waals surface area contributed by atoms with Gasteiger partial charge in [-0.05, 0) is 86.5 Å². The molecule has 6 heteroatoms. The molecular weight excluding hydrogens is 293 g/mol. The van der Waals surface area contributed by atoms with E-state index in [0.717, 1.165) is 24.3 Å². The van der Waals surface area contributed by atoms with Crippen molar-refractivity contribution in [1.82, 2.24) is 5.32 Å². The van der Waals surface area contributed by atoms with Crippen LogP contribution in [0.15, 0.2) is 0 Å². The maximum Gasteiger partial charge on any atom is 0.321 e. The minimum atomic E-state index is -3.47. The van der Waals surface area contributed by atoms with Crippen molar-refractivity contribution in [2.75, 3.05) is 19.7 Å². The van der Waals surface area contributed by atoms with Crippen LogP contribution in [-0.4, -0.2) is 29.5 Å².